The Morgan fingerprint density at radius 3 is 2.54 bits per heavy atom. The molecular weight excluding hydrogens is 909 g/mol. The zero-order valence-electron chi connectivity index (χ0n) is 39.8. The summed E-state index contributed by atoms with van der Waals surface area (Å²) >= 11 is 1.59. The van der Waals surface area contributed by atoms with Gasteiger partial charge in [0.15, 0.2) is 11.6 Å². The summed E-state index contributed by atoms with van der Waals surface area (Å²) in [5, 5.41) is 40.5. The first kappa shape index (κ1) is 47.0. The molecule has 0 saturated carbocycles. The van der Waals surface area contributed by atoms with Crippen molar-refractivity contribution in [2.24, 2.45) is 5.92 Å². The third kappa shape index (κ3) is 10.1. The number of fused-ring (bicyclic) bond motifs is 3. The number of aryl methyl sites for hydroxylation is 1. The van der Waals surface area contributed by atoms with Gasteiger partial charge < -0.3 is 49.7 Å². The standard InChI is InChI=1S/C51H60N12O6S/c1-31(2)46(50(67)63-29-38(64)21-42(63)49(66)53-24-33-9-11-35(12-10-33)47-32(3)56-30-70-47)44-23-45(59-69-44)68-20-6-15-60-16-13-34(14-17-60)36-25-54-51(55-26-36)61-18-19-62-37(28-61)27-52-48-41(62)22-40(57-58-48)39-7-4-5-8-43(39)65/h4-5,7-12,22-23,25-26,30-31,34,37-38,42,46,64-65H,6,13-21,24,27-29H2,1-3H3,(H,52,58)(H,53,66)/t37-,38-,42+,46?/m1/s1. The van der Waals surface area contributed by atoms with Gasteiger partial charge in [0, 0.05) is 76.3 Å². The molecule has 8 heterocycles. The highest BCUT2D eigenvalue weighted by molar-refractivity contribution is 7.13. The molecule has 0 spiro atoms. The number of phenolic OH excluding ortho intramolecular Hbond substituents is 1. The fourth-order valence-electron chi connectivity index (χ4n) is 10.3. The Kier molecular flexibility index (Phi) is 13.9. The second-order valence-corrected chi connectivity index (χ2v) is 20.0. The molecule has 18 nitrogen and oxygen atoms in total. The molecular formula is C51H60N12O6S. The molecule has 4 aromatic heterocycles. The number of rotatable bonds is 15. The summed E-state index contributed by atoms with van der Waals surface area (Å²) in [7, 11) is 0. The molecule has 2 aromatic carbocycles. The number of ether oxygens (including phenoxy) is 1. The van der Waals surface area contributed by atoms with Gasteiger partial charge in [-0.2, -0.15) is 0 Å². The van der Waals surface area contributed by atoms with Crippen LogP contribution >= 0.6 is 11.3 Å². The number of amides is 2. The Labute approximate surface area is 411 Å². The minimum atomic E-state index is -0.811. The Morgan fingerprint density at radius 1 is 0.986 bits per heavy atom. The van der Waals surface area contributed by atoms with Crippen molar-refractivity contribution >= 4 is 40.6 Å². The molecule has 2 amide bonds. The maximum absolute atomic E-state index is 14.1. The van der Waals surface area contributed by atoms with Crippen molar-refractivity contribution in [3.05, 3.63) is 101 Å². The first-order valence-electron chi connectivity index (χ1n) is 24.4. The third-order valence-corrected chi connectivity index (χ3v) is 15.1. The van der Waals surface area contributed by atoms with Crippen LogP contribution in [0.15, 0.2) is 83.1 Å². The van der Waals surface area contributed by atoms with Crippen LogP contribution in [0.3, 0.4) is 0 Å². The molecule has 366 valence electrons. The molecule has 0 bridgehead atoms. The summed E-state index contributed by atoms with van der Waals surface area (Å²) in [6.45, 7) is 12.6. The topological polar surface area (TPSA) is 211 Å². The van der Waals surface area contributed by atoms with Gasteiger partial charge in [-0.25, -0.2) is 15.0 Å². The van der Waals surface area contributed by atoms with E-state index >= 15 is 0 Å². The van der Waals surface area contributed by atoms with Gasteiger partial charge in [0.25, 0.3) is 5.88 Å². The smallest absolute Gasteiger partial charge is 0.254 e. The number of nitrogens with zero attached hydrogens (tertiary/aromatic N) is 10. The summed E-state index contributed by atoms with van der Waals surface area (Å²) in [4.78, 5) is 51.4. The number of β-amino-alcohol motifs (C(OH)–C–C–N with tert-alkyl or cyclic N) is 1. The molecule has 10 rings (SSSR count). The number of phenols is 1. The van der Waals surface area contributed by atoms with Crippen LogP contribution in [0.1, 0.15) is 73.9 Å². The Balaban J connectivity index is 0.659. The summed E-state index contributed by atoms with van der Waals surface area (Å²) in [5.74, 6) is 1.32. The van der Waals surface area contributed by atoms with Crippen molar-refractivity contribution in [2.45, 2.75) is 83.0 Å². The van der Waals surface area contributed by atoms with Crippen LogP contribution in [0, 0.1) is 12.8 Å². The van der Waals surface area contributed by atoms with E-state index < -0.39 is 18.1 Å². The number of anilines is 3. The van der Waals surface area contributed by atoms with Crippen molar-refractivity contribution in [1.29, 1.82) is 0 Å². The van der Waals surface area contributed by atoms with E-state index in [1.165, 1.54) is 10.5 Å². The fraction of sp³-hybridized carbons (Fsp3) is 0.451. The van der Waals surface area contributed by atoms with E-state index in [0.29, 0.717) is 42.0 Å². The number of piperidine rings is 1. The summed E-state index contributed by atoms with van der Waals surface area (Å²) in [6, 6.07) is 18.3. The minimum Gasteiger partial charge on any atom is -0.507 e. The van der Waals surface area contributed by atoms with Crippen molar-refractivity contribution in [2.75, 3.05) is 74.1 Å². The summed E-state index contributed by atoms with van der Waals surface area (Å²) in [6.07, 6.45) is 6.21. The van der Waals surface area contributed by atoms with Gasteiger partial charge in [-0.1, -0.05) is 50.2 Å². The molecule has 4 atom stereocenters. The minimum absolute atomic E-state index is 0.0635. The largest absolute Gasteiger partial charge is 0.507 e. The van der Waals surface area contributed by atoms with Crippen LogP contribution in [0.25, 0.3) is 21.7 Å². The molecule has 3 saturated heterocycles. The van der Waals surface area contributed by atoms with E-state index in [0.717, 1.165) is 104 Å². The van der Waals surface area contributed by atoms with E-state index in [1.54, 1.807) is 29.5 Å². The highest BCUT2D eigenvalue weighted by Gasteiger charge is 2.43. The number of para-hydroxylation sites is 1. The fourth-order valence-corrected chi connectivity index (χ4v) is 11.1. The van der Waals surface area contributed by atoms with E-state index in [1.807, 2.05) is 81.1 Å². The SMILES string of the molecule is Cc1ncsc1-c1ccc(CNC(=O)[C@@H]2C[C@@H](O)CN2C(=O)C(c2cc(OCCCN3CCC(c4cnc(N5CCN6c7cc(-c8ccccc8O)nnc7NC[C@@H]6C5)nc4)CC3)no2)C(C)C)cc1. The van der Waals surface area contributed by atoms with Crippen LogP contribution in [-0.4, -0.2) is 139 Å². The highest BCUT2D eigenvalue weighted by atomic mass is 32.1. The number of aliphatic hydroxyl groups is 1. The van der Waals surface area contributed by atoms with Crippen molar-refractivity contribution < 1.29 is 29.1 Å². The molecule has 6 aromatic rings. The average molecular weight is 969 g/mol. The van der Waals surface area contributed by atoms with Gasteiger partial charge in [0.05, 0.1) is 46.2 Å². The number of carbonyl (C=O) groups is 2. The normalized spacial score (nSPS) is 20.0. The van der Waals surface area contributed by atoms with Gasteiger partial charge in [-0.05, 0) is 91.2 Å². The summed E-state index contributed by atoms with van der Waals surface area (Å²) < 4.78 is 11.7. The van der Waals surface area contributed by atoms with Gasteiger partial charge in [-0.3, -0.25) is 9.59 Å². The lowest BCUT2D eigenvalue weighted by molar-refractivity contribution is -0.141. The lowest BCUT2D eigenvalue weighted by Gasteiger charge is -2.45. The predicted octanol–water partition coefficient (Wildman–Crippen LogP) is 5.85. The molecule has 4 aliphatic heterocycles. The molecule has 4 N–H and O–H groups in total. The number of aliphatic hydroxyl groups excluding tert-OH is 1. The first-order chi connectivity index (χ1) is 34.1. The number of piperazine rings is 1. The van der Waals surface area contributed by atoms with Crippen LogP contribution in [-0.2, 0) is 16.1 Å². The van der Waals surface area contributed by atoms with Gasteiger partial charge in [0.1, 0.15) is 17.7 Å². The number of carbonyl (C=O) groups excluding carboxylic acids is 2. The van der Waals surface area contributed by atoms with E-state index in [4.69, 9.17) is 19.2 Å². The molecule has 4 aliphatic rings. The number of thiazole rings is 1. The van der Waals surface area contributed by atoms with Crippen LogP contribution in [0.5, 0.6) is 11.6 Å². The predicted molar refractivity (Wildman–Crippen MR) is 266 cm³/mol. The van der Waals surface area contributed by atoms with E-state index in [2.05, 4.69) is 45.7 Å². The third-order valence-electron chi connectivity index (χ3n) is 14.2. The van der Waals surface area contributed by atoms with Crippen molar-refractivity contribution in [3.8, 4) is 33.3 Å². The Hall–Kier alpha value is -6.70. The van der Waals surface area contributed by atoms with Gasteiger partial charge in [-0.15, -0.1) is 21.5 Å². The molecule has 0 radical (unpaired) electrons. The first-order valence-corrected chi connectivity index (χ1v) is 25.2. The highest BCUT2D eigenvalue weighted by Crippen LogP contribution is 2.37. The number of aromatic hydroxyl groups is 1. The molecule has 0 aliphatic carbocycles. The number of nitrogens with one attached hydrogen (secondary N) is 2. The molecule has 19 heteroatoms. The summed E-state index contributed by atoms with van der Waals surface area (Å²) in [5.41, 5.74) is 8.28. The van der Waals surface area contributed by atoms with Crippen LogP contribution in [0.2, 0.25) is 0 Å². The van der Waals surface area contributed by atoms with Crippen molar-refractivity contribution in [1.82, 2.24) is 45.4 Å². The molecule has 70 heavy (non-hydrogen) atoms. The van der Waals surface area contributed by atoms with E-state index in [-0.39, 0.29) is 42.5 Å². The van der Waals surface area contributed by atoms with Gasteiger partial charge >= 0.3 is 0 Å². The second-order valence-electron chi connectivity index (χ2n) is 19.2. The number of likely N-dealkylation sites (tertiary alicyclic amines) is 2. The lowest BCUT2D eigenvalue weighted by atomic mass is 9.91. The zero-order valence-corrected chi connectivity index (χ0v) is 40.6. The average Bonchev–Trinajstić information content (AvgIpc) is 4.14. The number of hydrogen-bond donors (Lipinski definition) is 4. The Bertz CT molecular complexity index is 2760. The van der Waals surface area contributed by atoms with Crippen LogP contribution < -0.4 is 25.2 Å². The number of benzene rings is 2. The Morgan fingerprint density at radius 2 is 1.79 bits per heavy atom. The second kappa shape index (κ2) is 20.7. The number of aromatic nitrogens is 6. The van der Waals surface area contributed by atoms with E-state index in [9.17, 15) is 19.8 Å². The maximum Gasteiger partial charge on any atom is 0.254 e. The molecule has 3 fully saturated rings. The lowest BCUT2D eigenvalue weighted by Crippen LogP contribution is -2.58. The zero-order chi connectivity index (χ0) is 48.3. The quantitative estimate of drug-likeness (QED) is 0.0890. The van der Waals surface area contributed by atoms with Crippen molar-refractivity contribution in [3.63, 3.8) is 0 Å². The number of hydrogen-bond acceptors (Lipinski definition) is 17. The van der Waals surface area contributed by atoms with Gasteiger partial charge in [0.2, 0.25) is 17.8 Å². The van der Waals surface area contributed by atoms with Crippen LogP contribution in [0.4, 0.5) is 17.5 Å². The monoisotopic (exact) mass is 968 g/mol. The maximum atomic E-state index is 14.1. The molecule has 1 unspecified atom stereocenters.